The molecule has 1 unspecified atom stereocenters. The predicted octanol–water partition coefficient (Wildman–Crippen LogP) is 10.7. The molecule has 0 aliphatic heterocycles. The molecule has 0 saturated heterocycles. The first-order chi connectivity index (χ1) is 16.2. The molecular formula is C29H32Cl2F6SiZr-4. The summed E-state index contributed by atoms with van der Waals surface area (Å²) in [5.74, 6) is 0.560. The summed E-state index contributed by atoms with van der Waals surface area (Å²) in [6.07, 6.45) is -6.35. The zero-order chi connectivity index (χ0) is 26.7. The van der Waals surface area contributed by atoms with E-state index in [-0.39, 0.29) is 51.3 Å². The first-order valence-electron chi connectivity index (χ1n) is 10.7. The normalized spacial score (nSPS) is 14.2. The zero-order valence-electron chi connectivity index (χ0n) is 22.8. The average molecular weight is 685 g/mol. The Bertz CT molecular complexity index is 1240. The topological polar surface area (TPSA) is 0 Å². The predicted molar refractivity (Wildman–Crippen MR) is 153 cm³/mol. The van der Waals surface area contributed by atoms with Crippen LogP contribution in [0.2, 0.25) is 0 Å². The number of aryl methyl sites for hydroxylation is 1. The summed E-state index contributed by atoms with van der Waals surface area (Å²) in [5, 5.41) is 1.40. The third-order valence-corrected chi connectivity index (χ3v) is 6.03. The van der Waals surface area contributed by atoms with Gasteiger partial charge in [0.25, 0.3) is 0 Å². The van der Waals surface area contributed by atoms with Crippen molar-refractivity contribution in [1.82, 2.24) is 0 Å². The van der Waals surface area contributed by atoms with Gasteiger partial charge in [0, 0.05) is 0 Å². The first kappa shape index (κ1) is 42.3. The number of benzene rings is 2. The monoisotopic (exact) mass is 682 g/mol. The summed E-state index contributed by atoms with van der Waals surface area (Å²) in [4.78, 5) is 0. The molecule has 2 radical (unpaired) electrons. The second-order valence-electron chi connectivity index (χ2n) is 8.43. The Balaban J connectivity index is -0.000000742. The Morgan fingerprint density at radius 1 is 0.821 bits per heavy atom. The van der Waals surface area contributed by atoms with Crippen LogP contribution in [0.1, 0.15) is 44.4 Å². The van der Waals surface area contributed by atoms with Crippen molar-refractivity contribution in [3.8, 4) is 11.1 Å². The van der Waals surface area contributed by atoms with Crippen LogP contribution in [0.4, 0.5) is 26.3 Å². The molecule has 0 heterocycles. The molecule has 0 amide bonds. The maximum absolute atomic E-state index is 13.0. The van der Waals surface area contributed by atoms with Gasteiger partial charge in [-0.15, -0.1) is 66.3 Å². The zero-order valence-corrected chi connectivity index (χ0v) is 27.9. The van der Waals surface area contributed by atoms with Crippen LogP contribution in [0.15, 0.2) is 65.3 Å². The molecule has 216 valence electrons. The summed E-state index contributed by atoms with van der Waals surface area (Å²) < 4.78 is 78.0. The van der Waals surface area contributed by atoms with Crippen LogP contribution < -0.4 is 0 Å². The Kier molecular flexibility index (Phi) is 18.3. The molecule has 1 aliphatic carbocycles. The van der Waals surface area contributed by atoms with Gasteiger partial charge in [0.2, 0.25) is 0 Å². The Hall–Kier alpha value is -1.21. The molecule has 0 spiro atoms. The summed E-state index contributed by atoms with van der Waals surface area (Å²) >= 11 is 1.36. The van der Waals surface area contributed by atoms with Crippen molar-refractivity contribution in [3.05, 3.63) is 103 Å². The quantitative estimate of drug-likeness (QED) is 0.136. The number of allylic oxidation sites excluding steroid dienone is 4. The van der Waals surface area contributed by atoms with Gasteiger partial charge in [-0.05, 0) is 23.8 Å². The van der Waals surface area contributed by atoms with E-state index < -0.39 is 23.5 Å². The van der Waals surface area contributed by atoms with E-state index >= 15 is 0 Å². The Morgan fingerprint density at radius 3 is 1.67 bits per heavy atom. The molecule has 0 saturated carbocycles. The summed E-state index contributed by atoms with van der Waals surface area (Å²) in [6.45, 7) is 13.5. The van der Waals surface area contributed by atoms with Crippen molar-refractivity contribution in [1.29, 1.82) is 0 Å². The molecule has 10 heteroatoms. The number of rotatable bonds is 1. The summed E-state index contributed by atoms with van der Waals surface area (Å²) in [6, 6.07) is 10.1. The Morgan fingerprint density at radius 2 is 1.31 bits per heavy atom. The average Bonchev–Trinajstić information content (AvgIpc) is 3.27. The van der Waals surface area contributed by atoms with Crippen molar-refractivity contribution < 1.29 is 49.7 Å². The number of fused-ring (bicyclic) bond motifs is 1. The minimum atomic E-state index is -4.86. The molecule has 4 rings (SSSR count). The summed E-state index contributed by atoms with van der Waals surface area (Å²) in [7, 11) is 0. The second kappa shape index (κ2) is 16.9. The molecule has 1 atom stereocenters. The van der Waals surface area contributed by atoms with Gasteiger partial charge >= 0.3 is 42.6 Å². The van der Waals surface area contributed by atoms with E-state index in [0.29, 0.717) is 16.9 Å². The van der Waals surface area contributed by atoms with Crippen LogP contribution in [-0.2, 0) is 35.7 Å². The van der Waals surface area contributed by atoms with Crippen LogP contribution in [0, 0.1) is 33.8 Å². The van der Waals surface area contributed by atoms with E-state index in [9.17, 15) is 26.3 Å². The van der Waals surface area contributed by atoms with Gasteiger partial charge in [-0.1, -0.05) is 45.2 Å². The second-order valence-corrected chi connectivity index (χ2v) is 8.43. The van der Waals surface area contributed by atoms with Crippen molar-refractivity contribution in [2.24, 2.45) is 5.92 Å². The molecule has 0 N–H and O–H groups in total. The van der Waals surface area contributed by atoms with E-state index in [1.165, 1.54) is 46.1 Å². The molecule has 0 fully saturated rings. The van der Waals surface area contributed by atoms with E-state index in [2.05, 4.69) is 40.7 Å². The molecule has 39 heavy (non-hydrogen) atoms. The number of halogens is 8. The molecule has 0 bridgehead atoms. The van der Waals surface area contributed by atoms with E-state index in [0.717, 1.165) is 23.1 Å². The maximum atomic E-state index is 13.0. The van der Waals surface area contributed by atoms with Crippen LogP contribution in [-0.4, -0.2) is 6.88 Å². The molecule has 1 aliphatic rings. The van der Waals surface area contributed by atoms with Gasteiger partial charge in [-0.3, -0.25) is 6.08 Å². The van der Waals surface area contributed by atoms with Gasteiger partial charge in [-0.25, -0.2) is 5.57 Å². The fourth-order valence-corrected chi connectivity index (χ4v) is 3.91. The third-order valence-electron chi connectivity index (χ3n) is 6.03. The van der Waals surface area contributed by atoms with E-state index in [1.807, 2.05) is 13.0 Å². The minimum absolute atomic E-state index is 0. The van der Waals surface area contributed by atoms with Crippen molar-refractivity contribution in [2.75, 3.05) is 0 Å². The van der Waals surface area contributed by atoms with E-state index in [4.69, 9.17) is 0 Å². The van der Waals surface area contributed by atoms with Crippen LogP contribution in [0.3, 0.4) is 0 Å². The van der Waals surface area contributed by atoms with Gasteiger partial charge < -0.3 is 14.9 Å². The third kappa shape index (κ3) is 10.6. The van der Waals surface area contributed by atoms with Crippen molar-refractivity contribution in [2.45, 2.75) is 47.0 Å². The SMILES string of the molecule is CC1=[C-]C(C)C(C)=C1C.Cc1cc2c(-c3cc(C(F)(F)F)cc(C(F)(F)F)c3)cccc2[cH-]1.Cl.Cl.[CH3-].[CH3-].[Si]=[Zr]. The summed E-state index contributed by atoms with van der Waals surface area (Å²) in [5.41, 5.74) is 2.75. The van der Waals surface area contributed by atoms with Crippen molar-refractivity contribution in [3.63, 3.8) is 0 Å². The number of alkyl halides is 6. The van der Waals surface area contributed by atoms with Gasteiger partial charge in [0.15, 0.2) is 0 Å². The first-order valence-corrected chi connectivity index (χ1v) is 14.9. The number of hydrogen-bond acceptors (Lipinski definition) is 0. The molecule has 3 aromatic rings. The standard InChI is InChI=1S/C18H11F6.C9H13.2CH3.2ClH.Si.Zr/c1-10-5-11-3-2-4-15(16(11)6-10)12-7-13(17(19,20)21)9-14(8-12)18(22,23)24;1-6-5-7(2)9(4)8(6)3;;;;;;/h2-9H,1H3;6H,1-4H3;2*1H3;2*1H;;/q4*-1;;;;. The van der Waals surface area contributed by atoms with Crippen LogP contribution in [0.25, 0.3) is 21.9 Å². The van der Waals surface area contributed by atoms with Gasteiger partial charge in [0.1, 0.15) is 0 Å². The molecule has 0 nitrogen and oxygen atoms in total. The fraction of sp³-hybridized carbons (Fsp3) is 0.276. The number of hydrogen-bond donors (Lipinski definition) is 0. The van der Waals surface area contributed by atoms with Gasteiger partial charge in [-0.2, -0.15) is 43.6 Å². The molecule has 3 aromatic carbocycles. The van der Waals surface area contributed by atoms with E-state index in [1.54, 1.807) is 18.2 Å². The molecular weight excluding hydrogens is 653 g/mol. The van der Waals surface area contributed by atoms with Crippen LogP contribution in [0.5, 0.6) is 0 Å². The Labute approximate surface area is 257 Å². The fourth-order valence-electron chi connectivity index (χ4n) is 3.91. The van der Waals surface area contributed by atoms with Gasteiger partial charge in [0.05, 0.1) is 11.1 Å². The van der Waals surface area contributed by atoms with Crippen LogP contribution >= 0.6 is 24.8 Å². The van der Waals surface area contributed by atoms with Crippen molar-refractivity contribution >= 4 is 42.5 Å². The molecule has 0 aromatic heterocycles.